The van der Waals surface area contributed by atoms with Crippen molar-refractivity contribution in [2.24, 2.45) is 4.40 Å². The zero-order chi connectivity index (χ0) is 23.4. The van der Waals surface area contributed by atoms with Crippen molar-refractivity contribution < 1.29 is 26.3 Å². The van der Waals surface area contributed by atoms with Gasteiger partial charge in [-0.3, -0.25) is 0 Å². The Morgan fingerprint density at radius 1 is 0.875 bits per heavy atom. The number of benzene rings is 1. The average molecular weight is 506 g/mol. The summed E-state index contributed by atoms with van der Waals surface area (Å²) < 4.78 is 86.1. The molecule has 3 heterocycles. The van der Waals surface area contributed by atoms with E-state index in [9.17, 15) is 26.3 Å². The lowest BCUT2D eigenvalue weighted by molar-refractivity contribution is -0.161. The molecule has 1 aliphatic rings. The quantitative estimate of drug-likeness (QED) is 0.263. The van der Waals surface area contributed by atoms with Crippen LogP contribution < -0.4 is 10.6 Å². The van der Waals surface area contributed by atoms with Crippen molar-refractivity contribution in [1.82, 2.24) is 0 Å². The van der Waals surface area contributed by atoms with E-state index >= 15 is 0 Å². The predicted octanol–water partition coefficient (Wildman–Crippen LogP) is 7.64. The monoisotopic (exact) mass is 505 g/mol. The van der Waals surface area contributed by atoms with E-state index in [0.29, 0.717) is 16.2 Å². The number of alkyl halides is 6. The molecule has 10 heteroatoms. The minimum Gasteiger partial charge on any atom is -0.215 e. The van der Waals surface area contributed by atoms with Crippen molar-refractivity contribution in [1.29, 1.82) is 0 Å². The molecule has 1 aromatic carbocycles. The molecule has 2 aromatic heterocycles. The van der Waals surface area contributed by atoms with E-state index in [1.807, 2.05) is 26.0 Å². The Hall–Kier alpha value is -1.78. The Bertz CT molecular complexity index is 1310. The first kappa shape index (κ1) is 23.4. The molecule has 4 rings (SSSR count). The summed E-state index contributed by atoms with van der Waals surface area (Å²) in [6.07, 6.45) is -9.39. The molecule has 0 atom stereocenters. The third kappa shape index (κ3) is 4.01. The highest BCUT2D eigenvalue weighted by atomic mass is 32.2. The van der Waals surface area contributed by atoms with Crippen molar-refractivity contribution in [3.63, 3.8) is 0 Å². The summed E-state index contributed by atoms with van der Waals surface area (Å²) in [5.41, 5.74) is -0.150. The second-order valence-corrected chi connectivity index (χ2v) is 10.4. The molecule has 0 saturated heterocycles. The van der Waals surface area contributed by atoms with Crippen LogP contribution in [0.1, 0.15) is 34.9 Å². The lowest BCUT2D eigenvalue weighted by Gasteiger charge is -2.14. The topological polar surface area (TPSA) is 12.4 Å². The Morgan fingerprint density at radius 3 is 2.16 bits per heavy atom. The van der Waals surface area contributed by atoms with Crippen LogP contribution in [0.3, 0.4) is 0 Å². The highest BCUT2D eigenvalue weighted by molar-refractivity contribution is 7.98. The van der Waals surface area contributed by atoms with Crippen LogP contribution >= 0.6 is 34.6 Å². The summed E-state index contributed by atoms with van der Waals surface area (Å²) in [6.45, 7) is 5.08. The average Bonchev–Trinajstić information content (AvgIpc) is 3.32. The number of thiophene rings is 2. The Kier molecular flexibility index (Phi) is 6.00. The van der Waals surface area contributed by atoms with Gasteiger partial charge in [0.05, 0.1) is 21.4 Å². The SMILES string of the molecule is CCC1=c2c(-c3ccc(-c4sc(C)c(C(F)(F)F)c4C(F)(F)F)s3)ccc(C)c2=NSC1. The maximum Gasteiger partial charge on any atom is 0.418 e. The van der Waals surface area contributed by atoms with E-state index in [-0.39, 0.29) is 14.6 Å². The summed E-state index contributed by atoms with van der Waals surface area (Å²) in [5.74, 6) is 0.732. The third-order valence-electron chi connectivity index (χ3n) is 5.30. The third-order valence-corrected chi connectivity index (χ3v) is 8.49. The normalized spacial score (nSPS) is 14.5. The summed E-state index contributed by atoms with van der Waals surface area (Å²) in [5, 5.41) is 1.84. The lowest BCUT2D eigenvalue weighted by atomic mass is 10.0. The van der Waals surface area contributed by atoms with E-state index < -0.39 is 23.5 Å². The Morgan fingerprint density at radius 2 is 1.53 bits per heavy atom. The fourth-order valence-electron chi connectivity index (χ4n) is 3.84. The van der Waals surface area contributed by atoms with Crippen molar-refractivity contribution in [3.05, 3.63) is 56.4 Å². The molecule has 0 unspecified atom stereocenters. The molecule has 1 aliphatic heterocycles. The van der Waals surface area contributed by atoms with Gasteiger partial charge >= 0.3 is 12.4 Å². The van der Waals surface area contributed by atoms with E-state index in [1.54, 1.807) is 6.07 Å². The second kappa shape index (κ2) is 8.22. The molecule has 0 saturated carbocycles. The number of hydrogen-bond donors (Lipinski definition) is 0. The number of halogens is 6. The summed E-state index contributed by atoms with van der Waals surface area (Å²) >= 11 is 3.07. The lowest BCUT2D eigenvalue weighted by Crippen LogP contribution is -2.34. The highest BCUT2D eigenvalue weighted by Crippen LogP contribution is 2.52. The minimum atomic E-state index is -5.11. The van der Waals surface area contributed by atoms with Gasteiger partial charge in [0, 0.05) is 31.2 Å². The van der Waals surface area contributed by atoms with E-state index in [2.05, 4.69) is 4.40 Å². The molecular weight excluding hydrogens is 488 g/mol. The number of nitrogens with zero attached hydrogens (tertiary/aromatic N) is 1. The Balaban J connectivity index is 1.94. The number of hydrogen-bond acceptors (Lipinski definition) is 4. The minimum absolute atomic E-state index is 0.172. The largest absolute Gasteiger partial charge is 0.418 e. The van der Waals surface area contributed by atoms with Crippen LogP contribution in [0.25, 0.3) is 25.8 Å². The van der Waals surface area contributed by atoms with Crippen LogP contribution in [0.2, 0.25) is 0 Å². The predicted molar refractivity (Wildman–Crippen MR) is 119 cm³/mol. The number of aryl methyl sites for hydroxylation is 2. The van der Waals surface area contributed by atoms with Gasteiger partial charge in [-0.25, -0.2) is 4.40 Å². The second-order valence-electron chi connectivity index (χ2n) is 7.37. The van der Waals surface area contributed by atoms with Gasteiger partial charge in [0.1, 0.15) is 0 Å². The van der Waals surface area contributed by atoms with Gasteiger partial charge in [0.2, 0.25) is 0 Å². The molecule has 0 amide bonds. The van der Waals surface area contributed by atoms with Crippen LogP contribution in [0, 0.1) is 13.8 Å². The zero-order valence-corrected chi connectivity index (χ0v) is 19.6. The molecule has 0 aliphatic carbocycles. The van der Waals surface area contributed by atoms with Crippen molar-refractivity contribution >= 4 is 40.2 Å². The van der Waals surface area contributed by atoms with Gasteiger partial charge in [0.15, 0.2) is 0 Å². The van der Waals surface area contributed by atoms with E-state index in [0.717, 1.165) is 52.1 Å². The summed E-state index contributed by atoms with van der Waals surface area (Å²) in [6, 6.07) is 6.99. The van der Waals surface area contributed by atoms with E-state index in [1.165, 1.54) is 23.6 Å². The van der Waals surface area contributed by atoms with Crippen LogP contribution in [-0.4, -0.2) is 5.75 Å². The van der Waals surface area contributed by atoms with Crippen molar-refractivity contribution in [2.75, 3.05) is 5.75 Å². The first-order valence-electron chi connectivity index (χ1n) is 9.63. The highest BCUT2D eigenvalue weighted by Gasteiger charge is 2.48. The molecular formula is C22H17F6NS3. The van der Waals surface area contributed by atoms with Crippen molar-refractivity contribution in [3.8, 4) is 20.2 Å². The summed E-state index contributed by atoms with van der Waals surface area (Å²) in [4.78, 5) is 0.0990. The van der Waals surface area contributed by atoms with Gasteiger partial charge in [-0.15, -0.1) is 22.7 Å². The van der Waals surface area contributed by atoms with Gasteiger partial charge in [-0.05, 0) is 55.5 Å². The van der Waals surface area contributed by atoms with Crippen LogP contribution in [0.5, 0.6) is 0 Å². The molecule has 1 nitrogen and oxygen atoms in total. The molecule has 0 spiro atoms. The van der Waals surface area contributed by atoms with Crippen LogP contribution in [-0.2, 0) is 12.4 Å². The molecule has 3 aromatic rings. The molecule has 170 valence electrons. The van der Waals surface area contributed by atoms with Gasteiger partial charge < -0.3 is 0 Å². The van der Waals surface area contributed by atoms with Crippen LogP contribution in [0.4, 0.5) is 26.3 Å². The molecule has 0 N–H and O–H groups in total. The van der Waals surface area contributed by atoms with Gasteiger partial charge in [-0.2, -0.15) is 26.3 Å². The molecule has 0 fully saturated rings. The van der Waals surface area contributed by atoms with Crippen molar-refractivity contribution in [2.45, 2.75) is 39.5 Å². The maximum absolute atomic E-state index is 13.7. The summed E-state index contributed by atoms with van der Waals surface area (Å²) in [7, 11) is 0. The van der Waals surface area contributed by atoms with Gasteiger partial charge in [0.25, 0.3) is 0 Å². The first-order valence-corrected chi connectivity index (χ1v) is 12.2. The molecule has 0 radical (unpaired) electrons. The number of rotatable bonds is 3. The zero-order valence-electron chi connectivity index (χ0n) is 17.2. The maximum atomic E-state index is 13.7. The standard InChI is InChI=1S/C22H17F6NS3/c1-4-12-9-30-29-19-10(2)5-6-13(16(12)19)14-7-8-15(32-14)20-18(22(26,27)28)17(11(3)31-20)21(23,24)25/h5-8H,4,9H2,1-3H3. The smallest absolute Gasteiger partial charge is 0.215 e. The van der Waals surface area contributed by atoms with E-state index in [4.69, 9.17) is 0 Å². The van der Waals surface area contributed by atoms with Gasteiger partial charge in [-0.1, -0.05) is 19.1 Å². The number of fused-ring (bicyclic) bond motifs is 1. The fourth-order valence-corrected chi connectivity index (χ4v) is 7.12. The molecule has 0 bridgehead atoms. The Labute approximate surface area is 192 Å². The molecule has 32 heavy (non-hydrogen) atoms. The first-order chi connectivity index (χ1) is 14.9. The van der Waals surface area contributed by atoms with Crippen LogP contribution in [0.15, 0.2) is 28.7 Å². The fraction of sp³-hybridized carbons (Fsp3) is 0.318.